The van der Waals surface area contributed by atoms with E-state index in [-0.39, 0.29) is 42.9 Å². The van der Waals surface area contributed by atoms with Crippen LogP contribution in [0.25, 0.3) is 10.9 Å². The third kappa shape index (κ3) is 5.37. The summed E-state index contributed by atoms with van der Waals surface area (Å²) in [6.45, 7) is 3.11. The molecule has 1 aromatic carbocycles. The van der Waals surface area contributed by atoms with Crippen LogP contribution in [0.4, 0.5) is 0 Å². The van der Waals surface area contributed by atoms with E-state index in [1.54, 1.807) is 23.1 Å². The van der Waals surface area contributed by atoms with Gasteiger partial charge in [-0.15, -0.1) is 0 Å². The van der Waals surface area contributed by atoms with E-state index < -0.39 is 22.0 Å². The molecule has 42 heavy (non-hydrogen) atoms. The lowest BCUT2D eigenvalue weighted by atomic mass is 10.1. The zero-order valence-electron chi connectivity index (χ0n) is 23.5. The molecule has 0 spiro atoms. The van der Waals surface area contributed by atoms with Crippen LogP contribution < -0.4 is 4.84 Å². The highest BCUT2D eigenvalue weighted by molar-refractivity contribution is 7.89. The van der Waals surface area contributed by atoms with E-state index >= 15 is 0 Å². The monoisotopic (exact) mass is 620 g/mol. The van der Waals surface area contributed by atoms with E-state index in [2.05, 4.69) is 9.88 Å². The Hall–Kier alpha value is -3.17. The number of fused-ring (bicyclic) bond motifs is 2. The molecule has 0 aliphatic carbocycles. The SMILES string of the molecule is COn1c(S(=O)(=O)N2CCN(C(=O)c3nc4c(o3)CN(C)CC4)C(CC(=O)N3CCOCC3)C2)cc2ccc(Cl)cc21. The Morgan fingerprint density at radius 2 is 1.90 bits per heavy atom. The van der Waals surface area contributed by atoms with Crippen molar-refractivity contribution in [3.05, 3.63) is 46.6 Å². The first kappa shape index (κ1) is 28.9. The van der Waals surface area contributed by atoms with E-state index in [0.29, 0.717) is 61.0 Å². The van der Waals surface area contributed by atoms with Crippen LogP contribution in [0.3, 0.4) is 0 Å². The van der Waals surface area contributed by atoms with Gasteiger partial charge in [-0.1, -0.05) is 17.7 Å². The summed E-state index contributed by atoms with van der Waals surface area (Å²) in [5, 5.41) is 1.02. The van der Waals surface area contributed by atoms with E-state index in [1.807, 2.05) is 7.05 Å². The zero-order valence-corrected chi connectivity index (χ0v) is 25.1. The minimum atomic E-state index is -4.09. The molecular weight excluding hydrogens is 588 g/mol. The van der Waals surface area contributed by atoms with Gasteiger partial charge in [0.15, 0.2) is 5.03 Å². The Balaban J connectivity index is 1.30. The number of amides is 2. The van der Waals surface area contributed by atoms with Crippen molar-refractivity contribution in [1.29, 1.82) is 0 Å². The standard InChI is InChI=1S/C27H33ClN6O7S/c1-30-6-5-21-23(17-30)41-26(29-21)27(36)33-8-7-32(16-20(33)15-24(35)31-9-11-40-12-10-31)42(37,38)25-13-18-3-4-19(28)14-22(18)34(25)39-2/h3-4,13-14,20H,5-12,15-17H2,1-2H3. The van der Waals surface area contributed by atoms with E-state index in [0.717, 1.165) is 12.2 Å². The maximum atomic E-state index is 14.0. The third-order valence-electron chi connectivity index (χ3n) is 8.06. The normalized spacial score (nSPS) is 20.6. The van der Waals surface area contributed by atoms with Crippen LogP contribution in [-0.2, 0) is 32.5 Å². The molecule has 0 radical (unpaired) electrons. The van der Waals surface area contributed by atoms with Crippen molar-refractivity contribution >= 4 is 44.3 Å². The molecule has 2 saturated heterocycles. The van der Waals surface area contributed by atoms with Gasteiger partial charge in [-0.3, -0.25) is 14.5 Å². The van der Waals surface area contributed by atoms with Crippen molar-refractivity contribution in [2.45, 2.75) is 30.5 Å². The predicted molar refractivity (Wildman–Crippen MR) is 152 cm³/mol. The van der Waals surface area contributed by atoms with Crippen molar-refractivity contribution < 1.29 is 32.0 Å². The Morgan fingerprint density at radius 3 is 2.67 bits per heavy atom. The molecule has 15 heteroatoms. The summed E-state index contributed by atoms with van der Waals surface area (Å²) >= 11 is 6.16. The summed E-state index contributed by atoms with van der Waals surface area (Å²) in [4.78, 5) is 42.3. The summed E-state index contributed by atoms with van der Waals surface area (Å²) in [6, 6.07) is 5.83. The molecule has 3 aliphatic rings. The first-order valence-electron chi connectivity index (χ1n) is 13.8. The Morgan fingerprint density at radius 1 is 1.12 bits per heavy atom. The van der Waals surface area contributed by atoms with Gasteiger partial charge in [0.25, 0.3) is 15.9 Å². The van der Waals surface area contributed by atoms with Gasteiger partial charge in [-0.05, 0) is 25.2 Å². The second kappa shape index (κ2) is 11.5. The summed E-state index contributed by atoms with van der Waals surface area (Å²) in [6.07, 6.45) is 0.621. The molecule has 2 amide bonds. The molecule has 226 valence electrons. The van der Waals surface area contributed by atoms with Crippen LogP contribution in [0, 0.1) is 0 Å². The average Bonchev–Trinajstić information content (AvgIpc) is 3.58. The maximum absolute atomic E-state index is 14.0. The number of carbonyl (C=O) groups is 2. The van der Waals surface area contributed by atoms with Crippen LogP contribution in [0.1, 0.15) is 28.6 Å². The summed E-state index contributed by atoms with van der Waals surface area (Å²) < 4.78 is 41.8. The molecule has 13 nitrogen and oxygen atoms in total. The molecule has 1 unspecified atom stereocenters. The molecule has 3 aliphatic heterocycles. The van der Waals surface area contributed by atoms with Gasteiger partial charge >= 0.3 is 5.91 Å². The summed E-state index contributed by atoms with van der Waals surface area (Å²) in [5.41, 5.74) is 1.26. The van der Waals surface area contributed by atoms with E-state index in [4.69, 9.17) is 25.6 Å². The number of aromatic nitrogens is 2. The third-order valence-corrected chi connectivity index (χ3v) is 10.1. The lowest BCUT2D eigenvalue weighted by Gasteiger charge is -2.40. The minimum absolute atomic E-state index is 0.0193. The van der Waals surface area contributed by atoms with Gasteiger partial charge < -0.3 is 23.8 Å². The molecule has 3 aromatic rings. The quantitative estimate of drug-likeness (QED) is 0.397. The fourth-order valence-electron chi connectivity index (χ4n) is 5.79. The number of carbonyl (C=O) groups excluding carboxylic acids is 2. The average molecular weight is 621 g/mol. The molecular formula is C27H33ClN6O7S. The lowest BCUT2D eigenvalue weighted by molar-refractivity contribution is -0.136. The Kier molecular flexibility index (Phi) is 7.91. The zero-order chi connectivity index (χ0) is 29.6. The number of likely N-dealkylation sites (N-methyl/N-ethyl adjacent to an activating group) is 1. The molecule has 2 aromatic heterocycles. The second-order valence-electron chi connectivity index (χ2n) is 10.8. The number of halogens is 1. The highest BCUT2D eigenvalue weighted by Gasteiger charge is 2.41. The van der Waals surface area contributed by atoms with Crippen molar-refractivity contribution in [3.8, 4) is 0 Å². The van der Waals surface area contributed by atoms with Crippen molar-refractivity contribution in [1.82, 2.24) is 28.7 Å². The number of hydrogen-bond acceptors (Lipinski definition) is 9. The fraction of sp³-hybridized carbons (Fsp3) is 0.519. The predicted octanol–water partition coefficient (Wildman–Crippen LogP) is 1.09. The number of ether oxygens (including phenoxy) is 1. The number of nitrogens with zero attached hydrogens (tertiary/aromatic N) is 6. The largest absolute Gasteiger partial charge is 0.436 e. The highest BCUT2D eigenvalue weighted by Crippen LogP contribution is 2.30. The number of rotatable bonds is 6. The second-order valence-corrected chi connectivity index (χ2v) is 13.1. The van der Waals surface area contributed by atoms with E-state index in [1.165, 1.54) is 27.1 Å². The number of piperazine rings is 1. The number of morpholine rings is 1. The molecule has 0 bridgehead atoms. The van der Waals surface area contributed by atoms with Crippen LogP contribution >= 0.6 is 11.6 Å². The van der Waals surface area contributed by atoms with Crippen molar-refractivity contribution in [2.24, 2.45) is 0 Å². The molecule has 1 atom stereocenters. The lowest BCUT2D eigenvalue weighted by Crippen LogP contribution is -2.58. The first-order valence-corrected chi connectivity index (χ1v) is 15.7. The van der Waals surface area contributed by atoms with Crippen molar-refractivity contribution in [2.75, 3.05) is 66.6 Å². The maximum Gasteiger partial charge on any atom is 0.310 e. The Labute approximate surface area is 248 Å². The molecule has 2 fully saturated rings. The number of sulfonamides is 1. The Bertz CT molecular complexity index is 1620. The van der Waals surface area contributed by atoms with Gasteiger partial charge in [0.2, 0.25) is 5.91 Å². The smallest absolute Gasteiger partial charge is 0.310 e. The molecule has 5 heterocycles. The topological polar surface area (TPSA) is 131 Å². The van der Waals surface area contributed by atoms with Crippen LogP contribution in [0.15, 0.2) is 33.7 Å². The van der Waals surface area contributed by atoms with Gasteiger partial charge in [0.1, 0.15) is 12.9 Å². The van der Waals surface area contributed by atoms with Crippen LogP contribution in [0.2, 0.25) is 5.02 Å². The fourth-order valence-corrected chi connectivity index (χ4v) is 7.57. The number of benzene rings is 1. The van der Waals surface area contributed by atoms with Crippen molar-refractivity contribution in [3.63, 3.8) is 0 Å². The highest BCUT2D eigenvalue weighted by atomic mass is 35.5. The molecule has 0 saturated carbocycles. The van der Waals surface area contributed by atoms with Crippen LogP contribution in [0.5, 0.6) is 0 Å². The summed E-state index contributed by atoms with van der Waals surface area (Å²) in [7, 11) is -0.742. The first-order chi connectivity index (χ1) is 20.2. The van der Waals surface area contributed by atoms with Gasteiger partial charge in [-0.2, -0.15) is 9.04 Å². The number of hydrogen-bond donors (Lipinski definition) is 0. The van der Waals surface area contributed by atoms with Gasteiger partial charge in [0, 0.05) is 62.5 Å². The minimum Gasteiger partial charge on any atom is -0.436 e. The molecule has 6 rings (SSSR count). The summed E-state index contributed by atoms with van der Waals surface area (Å²) in [5.74, 6) is -0.00702. The van der Waals surface area contributed by atoms with Gasteiger partial charge in [0.05, 0.1) is 37.0 Å². The van der Waals surface area contributed by atoms with E-state index in [9.17, 15) is 18.0 Å². The molecule has 0 N–H and O–H groups in total. The van der Waals surface area contributed by atoms with Gasteiger partial charge in [-0.25, -0.2) is 13.4 Å². The van der Waals surface area contributed by atoms with Crippen LogP contribution in [-0.4, -0.2) is 122 Å². The number of oxazole rings is 1.